The minimum Gasteiger partial charge on any atom is -0.508 e. The molecule has 5 rings (SSSR count). The van der Waals surface area contributed by atoms with Crippen molar-refractivity contribution in [2.24, 2.45) is 17.6 Å². The summed E-state index contributed by atoms with van der Waals surface area (Å²) in [5, 5.41) is 48.1. The van der Waals surface area contributed by atoms with Crippen LogP contribution in [-0.4, -0.2) is 106 Å². The number of methoxy groups -OCH3 is 1. The monoisotopic (exact) mass is 584 g/mol. The first kappa shape index (κ1) is 29.5. The van der Waals surface area contributed by atoms with Crippen LogP contribution in [0.25, 0.3) is 5.76 Å². The Bertz CT molecular complexity index is 1440. The molecule has 0 aromatic heterocycles. The maximum Gasteiger partial charge on any atom is 0.255 e. The fourth-order valence-corrected chi connectivity index (χ4v) is 7.07. The van der Waals surface area contributed by atoms with Crippen molar-refractivity contribution in [1.82, 2.24) is 9.80 Å². The van der Waals surface area contributed by atoms with E-state index in [1.807, 2.05) is 4.90 Å². The molecule has 4 aliphatic rings. The van der Waals surface area contributed by atoms with E-state index in [1.54, 1.807) is 0 Å². The Labute approximate surface area is 242 Å². The number of hydrogen-bond donors (Lipinski definition) is 6. The van der Waals surface area contributed by atoms with E-state index in [-0.39, 0.29) is 47.9 Å². The Morgan fingerprint density at radius 2 is 1.83 bits per heavy atom. The second kappa shape index (κ2) is 10.7. The van der Waals surface area contributed by atoms with Gasteiger partial charge in [0.15, 0.2) is 17.1 Å². The standard InChI is InChI=1S/C29H36N4O9/c1-32(2)22-15-10-13-9-14-17(42-3)11-16(31-18(34)12-33-7-5-4-6-8-33)23(35)20(14)24(36)19(13)26(38)29(15,41)27(39)21(25(22)37)28(30)40/h11,13,15,22,35-36,39,41H,4-10,12H2,1-3H3,(H2,30,40)(H,31,34)/t13-,15-,22?,29-/m0/s1. The molecular formula is C29H36N4O9. The maximum absolute atomic E-state index is 14.0. The number of benzene rings is 1. The summed E-state index contributed by atoms with van der Waals surface area (Å²) in [5.41, 5.74) is 1.66. The SMILES string of the molecule is COc1cc(NC(=O)CN2CCCCC2)c(O)c2c1C[C@H]1C[C@H]3C(N(C)C)C(=O)C(C(N)=O)=C(O)[C@@]3(O)C(=O)C1=C2O. The summed E-state index contributed by atoms with van der Waals surface area (Å²) in [6.07, 6.45) is 3.12. The number of ketones is 2. The van der Waals surface area contributed by atoms with Crippen molar-refractivity contribution in [2.75, 3.05) is 46.2 Å². The zero-order valence-electron chi connectivity index (χ0n) is 23.8. The van der Waals surface area contributed by atoms with Crippen LogP contribution in [0, 0.1) is 11.8 Å². The number of primary amides is 1. The number of likely N-dealkylation sites (N-methyl/N-ethyl adjacent to an activating group) is 1. The summed E-state index contributed by atoms with van der Waals surface area (Å²) in [7, 11) is 4.47. The third kappa shape index (κ3) is 4.43. The van der Waals surface area contributed by atoms with Gasteiger partial charge in [0.1, 0.15) is 22.8 Å². The molecule has 1 saturated carbocycles. The number of nitrogens with two attached hydrogens (primary N) is 1. The molecule has 1 unspecified atom stereocenters. The molecule has 42 heavy (non-hydrogen) atoms. The van der Waals surface area contributed by atoms with Crippen molar-refractivity contribution < 1.29 is 44.3 Å². The summed E-state index contributed by atoms with van der Waals surface area (Å²) >= 11 is 0. The average molecular weight is 585 g/mol. The molecule has 1 aliphatic heterocycles. The van der Waals surface area contributed by atoms with Gasteiger partial charge in [-0.3, -0.25) is 29.0 Å². The Morgan fingerprint density at radius 3 is 2.43 bits per heavy atom. The number of piperidine rings is 1. The van der Waals surface area contributed by atoms with Gasteiger partial charge in [0.25, 0.3) is 5.91 Å². The van der Waals surface area contributed by atoms with Crippen LogP contribution in [0.3, 0.4) is 0 Å². The molecule has 13 heteroatoms. The minimum absolute atomic E-state index is 0.0345. The molecule has 3 aliphatic carbocycles. The number of carbonyl (C=O) groups is 4. The number of phenolic OH excluding ortho intramolecular Hbond substituents is 1. The average Bonchev–Trinajstić information content (AvgIpc) is 2.92. The molecule has 1 aromatic rings. The van der Waals surface area contributed by atoms with E-state index >= 15 is 0 Å². The van der Waals surface area contributed by atoms with Gasteiger partial charge in [-0.05, 0) is 58.8 Å². The predicted molar refractivity (Wildman–Crippen MR) is 150 cm³/mol. The van der Waals surface area contributed by atoms with Gasteiger partial charge >= 0.3 is 0 Å². The summed E-state index contributed by atoms with van der Waals surface area (Å²) in [4.78, 5) is 55.6. The van der Waals surface area contributed by atoms with Gasteiger partial charge in [-0.2, -0.15) is 0 Å². The van der Waals surface area contributed by atoms with Crippen molar-refractivity contribution >= 4 is 34.8 Å². The molecule has 13 nitrogen and oxygen atoms in total. The molecule has 1 saturated heterocycles. The first-order chi connectivity index (χ1) is 19.8. The summed E-state index contributed by atoms with van der Waals surface area (Å²) < 4.78 is 5.55. The topological polar surface area (TPSA) is 203 Å². The van der Waals surface area contributed by atoms with E-state index in [1.165, 1.54) is 32.2 Å². The van der Waals surface area contributed by atoms with Gasteiger partial charge in [0.05, 0.1) is 30.9 Å². The van der Waals surface area contributed by atoms with E-state index in [4.69, 9.17) is 10.5 Å². The van der Waals surface area contributed by atoms with Gasteiger partial charge in [-0.25, -0.2) is 0 Å². The number of aliphatic hydroxyl groups is 3. The van der Waals surface area contributed by atoms with Crippen LogP contribution in [0.2, 0.25) is 0 Å². The second-order valence-electron chi connectivity index (χ2n) is 11.7. The van der Waals surface area contributed by atoms with Gasteiger partial charge in [0.2, 0.25) is 11.7 Å². The van der Waals surface area contributed by atoms with Crippen molar-refractivity contribution in [1.29, 1.82) is 0 Å². The fourth-order valence-electron chi connectivity index (χ4n) is 7.07. The third-order valence-corrected chi connectivity index (χ3v) is 8.99. The fraction of sp³-hybridized carbons (Fsp3) is 0.517. The molecule has 0 radical (unpaired) electrons. The Hall–Kier alpha value is -3.94. The molecule has 2 fully saturated rings. The minimum atomic E-state index is -2.73. The molecular weight excluding hydrogens is 548 g/mol. The number of amides is 2. The number of Topliss-reactive ketones (excluding diaryl/α,β-unsaturated/α-hetero) is 2. The lowest BCUT2D eigenvalue weighted by Gasteiger charge is -2.50. The van der Waals surface area contributed by atoms with Crippen molar-refractivity contribution in [2.45, 2.75) is 43.7 Å². The van der Waals surface area contributed by atoms with Crippen molar-refractivity contribution in [3.05, 3.63) is 34.1 Å². The Balaban J connectivity index is 1.60. The first-order valence-electron chi connectivity index (χ1n) is 13.9. The highest BCUT2D eigenvalue weighted by Gasteiger charge is 2.64. The zero-order chi connectivity index (χ0) is 30.7. The lowest BCUT2D eigenvalue weighted by atomic mass is 9.57. The van der Waals surface area contributed by atoms with Gasteiger partial charge in [-0.15, -0.1) is 0 Å². The molecule has 0 spiro atoms. The number of hydrogen-bond acceptors (Lipinski definition) is 11. The molecule has 0 bridgehead atoms. The lowest BCUT2D eigenvalue weighted by molar-refractivity contribution is -0.153. The quantitative estimate of drug-likeness (QED) is 0.199. The number of rotatable bonds is 6. The highest BCUT2D eigenvalue weighted by Crippen LogP contribution is 2.54. The normalized spacial score (nSPS) is 27.9. The number of anilines is 1. The number of aliphatic hydroxyl groups excluding tert-OH is 2. The number of carbonyl (C=O) groups excluding carboxylic acids is 4. The Morgan fingerprint density at radius 1 is 1.17 bits per heavy atom. The number of likely N-dealkylation sites (tertiary alicyclic amines) is 1. The second-order valence-corrected chi connectivity index (χ2v) is 11.7. The van der Waals surface area contributed by atoms with Crippen LogP contribution in [0.1, 0.15) is 36.8 Å². The first-order valence-corrected chi connectivity index (χ1v) is 13.9. The van der Waals surface area contributed by atoms with Crippen molar-refractivity contribution in [3.63, 3.8) is 0 Å². The van der Waals surface area contributed by atoms with Crippen LogP contribution in [0.15, 0.2) is 23.0 Å². The largest absolute Gasteiger partial charge is 0.508 e. The number of ether oxygens (including phenoxy) is 1. The maximum atomic E-state index is 14.0. The lowest BCUT2D eigenvalue weighted by Crippen LogP contribution is -2.65. The highest BCUT2D eigenvalue weighted by molar-refractivity contribution is 6.24. The highest BCUT2D eigenvalue weighted by atomic mass is 16.5. The molecule has 1 heterocycles. The van der Waals surface area contributed by atoms with Crippen LogP contribution in [0.5, 0.6) is 11.5 Å². The molecule has 4 atom stereocenters. The van der Waals surface area contributed by atoms with E-state index < -0.39 is 63.8 Å². The number of nitrogens with one attached hydrogen (secondary N) is 1. The summed E-state index contributed by atoms with van der Waals surface area (Å²) in [5.74, 6) is -7.58. The smallest absolute Gasteiger partial charge is 0.255 e. The number of aromatic hydroxyl groups is 1. The van der Waals surface area contributed by atoms with Crippen LogP contribution < -0.4 is 15.8 Å². The molecule has 226 valence electrons. The van der Waals surface area contributed by atoms with Crippen molar-refractivity contribution in [3.8, 4) is 11.5 Å². The van der Waals surface area contributed by atoms with Crippen LogP contribution >= 0.6 is 0 Å². The van der Waals surface area contributed by atoms with Gasteiger partial charge < -0.3 is 36.2 Å². The van der Waals surface area contributed by atoms with Crippen LogP contribution in [-0.2, 0) is 25.6 Å². The van der Waals surface area contributed by atoms with E-state index in [0.29, 0.717) is 5.56 Å². The third-order valence-electron chi connectivity index (χ3n) is 8.99. The zero-order valence-corrected chi connectivity index (χ0v) is 23.8. The predicted octanol–water partition coefficient (Wildman–Crippen LogP) is 0.397. The molecule has 7 N–H and O–H groups in total. The summed E-state index contributed by atoms with van der Waals surface area (Å²) in [6.45, 7) is 1.68. The van der Waals surface area contributed by atoms with E-state index in [0.717, 1.165) is 32.4 Å². The van der Waals surface area contributed by atoms with Crippen LogP contribution in [0.4, 0.5) is 5.69 Å². The molecule has 2 amide bonds. The number of nitrogens with zero attached hydrogens (tertiary/aromatic N) is 2. The summed E-state index contributed by atoms with van der Waals surface area (Å²) in [6, 6.07) is 0.275. The van der Waals surface area contributed by atoms with Gasteiger partial charge in [0, 0.05) is 23.1 Å². The molecule has 1 aromatic carbocycles. The van der Waals surface area contributed by atoms with E-state index in [9.17, 15) is 39.6 Å². The van der Waals surface area contributed by atoms with Gasteiger partial charge in [-0.1, -0.05) is 6.42 Å². The number of fused-ring (bicyclic) bond motifs is 3. The van der Waals surface area contributed by atoms with E-state index in [2.05, 4.69) is 5.32 Å². The Kier molecular flexibility index (Phi) is 7.54. The number of phenols is 1.